The van der Waals surface area contributed by atoms with E-state index in [1.807, 2.05) is 17.0 Å². The van der Waals surface area contributed by atoms with Crippen LogP contribution < -0.4 is 4.74 Å². The lowest BCUT2D eigenvalue weighted by Crippen LogP contribution is -2.49. The quantitative estimate of drug-likeness (QED) is 0.553. The van der Waals surface area contributed by atoms with Gasteiger partial charge in [-0.15, -0.1) is 10.2 Å². The molecule has 1 saturated heterocycles. The molecule has 8 heteroatoms. The predicted molar refractivity (Wildman–Crippen MR) is 120 cm³/mol. The Morgan fingerprint density at radius 3 is 2.50 bits per heavy atom. The molecule has 2 aromatic carbocycles. The highest BCUT2D eigenvalue weighted by molar-refractivity contribution is 5.97. The highest BCUT2D eigenvalue weighted by atomic mass is 16.5. The minimum absolute atomic E-state index is 0.0304. The van der Waals surface area contributed by atoms with Crippen LogP contribution in [0.1, 0.15) is 43.5 Å². The zero-order valence-corrected chi connectivity index (χ0v) is 18.1. The first kappa shape index (κ1) is 21.5. The first-order valence-electron chi connectivity index (χ1n) is 10.7. The summed E-state index contributed by atoms with van der Waals surface area (Å²) in [7, 11) is 0. The van der Waals surface area contributed by atoms with Crippen LogP contribution in [-0.4, -0.2) is 45.5 Å². The number of hydrogen-bond acceptors (Lipinski definition) is 5. The van der Waals surface area contributed by atoms with Gasteiger partial charge in [0.05, 0.1) is 5.52 Å². The largest absolute Gasteiger partial charge is 0.493 e. The summed E-state index contributed by atoms with van der Waals surface area (Å²) in [6.45, 7) is 4.10. The zero-order valence-electron chi connectivity index (χ0n) is 18.1. The summed E-state index contributed by atoms with van der Waals surface area (Å²) in [5, 5.41) is 18.4. The molecular weight excluding hydrogens is 408 g/mol. The van der Waals surface area contributed by atoms with Crippen LogP contribution in [0.15, 0.2) is 58.8 Å². The number of azo groups is 1. The number of nitrogens with zero attached hydrogens (tertiary/aromatic N) is 3. The number of aromatic nitrogens is 1. The van der Waals surface area contributed by atoms with E-state index in [0.29, 0.717) is 22.2 Å². The smallest absolute Gasteiger partial charge is 0.295 e. The van der Waals surface area contributed by atoms with Crippen LogP contribution in [0.4, 0.5) is 5.69 Å². The summed E-state index contributed by atoms with van der Waals surface area (Å²) in [5.74, 6) is -0.225. The third-order valence-electron chi connectivity index (χ3n) is 5.85. The number of carbonyl (C=O) groups is 2. The van der Waals surface area contributed by atoms with E-state index < -0.39 is 5.91 Å². The number of nitrogens with one attached hydrogen (secondary N) is 1. The number of H-pyrrole nitrogens is 1. The highest BCUT2D eigenvalue weighted by Gasteiger charge is 2.29. The summed E-state index contributed by atoms with van der Waals surface area (Å²) in [6, 6.07) is 14.1. The summed E-state index contributed by atoms with van der Waals surface area (Å²) < 4.78 is 5.64. The Morgan fingerprint density at radius 1 is 1.09 bits per heavy atom. The number of hydrogen-bond donors (Lipinski definition) is 2. The van der Waals surface area contributed by atoms with E-state index >= 15 is 0 Å². The van der Waals surface area contributed by atoms with E-state index in [-0.39, 0.29) is 36.2 Å². The summed E-state index contributed by atoms with van der Waals surface area (Å²) >= 11 is 0. The van der Waals surface area contributed by atoms with Crippen molar-refractivity contribution in [3.05, 3.63) is 54.1 Å². The molecule has 3 aromatic rings. The first-order valence-corrected chi connectivity index (χ1v) is 10.7. The van der Waals surface area contributed by atoms with Crippen molar-refractivity contribution in [3.63, 3.8) is 0 Å². The Balaban J connectivity index is 1.38. The number of carbonyl (C=O) groups excluding carboxylic acids is 2. The molecule has 1 aliphatic rings. The van der Waals surface area contributed by atoms with Crippen LogP contribution in [0.25, 0.3) is 10.9 Å². The topological polar surface area (TPSA) is 107 Å². The van der Waals surface area contributed by atoms with E-state index in [2.05, 4.69) is 29.1 Å². The number of aromatic hydroxyl groups is 1. The number of piperidine rings is 1. The van der Waals surface area contributed by atoms with E-state index in [1.54, 1.807) is 36.4 Å². The maximum atomic E-state index is 12.6. The second-order valence-electron chi connectivity index (χ2n) is 8.12. The van der Waals surface area contributed by atoms with Crippen molar-refractivity contribution in [2.45, 2.75) is 45.2 Å². The molecule has 4 rings (SSSR count). The average molecular weight is 434 g/mol. The van der Waals surface area contributed by atoms with Crippen molar-refractivity contribution in [1.82, 2.24) is 9.88 Å². The molecule has 166 valence electrons. The van der Waals surface area contributed by atoms with Gasteiger partial charge in [-0.3, -0.25) is 9.59 Å². The van der Waals surface area contributed by atoms with Gasteiger partial charge in [0.2, 0.25) is 5.88 Å². The van der Waals surface area contributed by atoms with Crippen molar-refractivity contribution >= 4 is 28.4 Å². The zero-order chi connectivity index (χ0) is 22.7. The molecule has 1 aliphatic heterocycles. The molecule has 2 amide bonds. The van der Waals surface area contributed by atoms with Crippen molar-refractivity contribution in [2.24, 2.45) is 10.2 Å². The van der Waals surface area contributed by atoms with Crippen LogP contribution in [0.2, 0.25) is 0 Å². The minimum atomic E-state index is -0.548. The molecule has 2 heterocycles. The van der Waals surface area contributed by atoms with Gasteiger partial charge in [0.25, 0.3) is 11.8 Å². The number of ether oxygens (including phenoxy) is 1. The van der Waals surface area contributed by atoms with E-state index in [9.17, 15) is 14.7 Å². The SMILES string of the molecule is CC1CCCC(C)N1C(=O)COc1ccc(C(=O)N=Nc2c(O)[nH]c3ccccc23)cc1. The number of para-hydroxylation sites is 1. The van der Waals surface area contributed by atoms with Crippen LogP contribution in [-0.2, 0) is 4.79 Å². The molecular formula is C24H26N4O4. The molecule has 0 aliphatic carbocycles. The van der Waals surface area contributed by atoms with E-state index in [4.69, 9.17) is 4.74 Å². The second kappa shape index (κ2) is 9.21. The highest BCUT2D eigenvalue weighted by Crippen LogP contribution is 2.35. The number of amides is 2. The maximum absolute atomic E-state index is 12.6. The molecule has 0 bridgehead atoms. The van der Waals surface area contributed by atoms with Crippen molar-refractivity contribution < 1.29 is 19.4 Å². The van der Waals surface area contributed by atoms with E-state index in [0.717, 1.165) is 19.3 Å². The van der Waals surface area contributed by atoms with Crippen LogP contribution in [0, 0.1) is 0 Å². The summed E-state index contributed by atoms with van der Waals surface area (Å²) in [4.78, 5) is 29.7. The van der Waals surface area contributed by atoms with Gasteiger partial charge in [-0.2, -0.15) is 0 Å². The first-order chi connectivity index (χ1) is 15.4. The lowest BCUT2D eigenvalue weighted by molar-refractivity contribution is -0.139. The number of rotatable bonds is 5. The Bertz CT molecular complexity index is 1140. The molecule has 2 unspecified atom stereocenters. The Labute approximate surface area is 185 Å². The van der Waals surface area contributed by atoms with Gasteiger partial charge in [0, 0.05) is 23.0 Å². The standard InChI is InChI=1S/C24H26N4O4/c1-15-6-5-7-16(2)28(15)21(29)14-32-18-12-10-17(11-13-18)23(30)27-26-22-19-8-3-4-9-20(19)25-24(22)31/h3-4,8-13,15-16,25,31H,5-7,14H2,1-2H3. The van der Waals surface area contributed by atoms with Crippen LogP contribution >= 0.6 is 0 Å². The lowest BCUT2D eigenvalue weighted by atomic mass is 9.97. The van der Waals surface area contributed by atoms with Crippen LogP contribution in [0.5, 0.6) is 11.6 Å². The molecule has 0 saturated carbocycles. The summed E-state index contributed by atoms with van der Waals surface area (Å²) in [6.07, 6.45) is 3.16. The maximum Gasteiger partial charge on any atom is 0.295 e. The second-order valence-corrected chi connectivity index (χ2v) is 8.12. The van der Waals surface area contributed by atoms with Crippen LogP contribution in [0.3, 0.4) is 0 Å². The van der Waals surface area contributed by atoms with Gasteiger partial charge < -0.3 is 19.7 Å². The fourth-order valence-electron chi connectivity index (χ4n) is 4.19. The molecule has 1 fully saturated rings. The number of aromatic amines is 1. The molecule has 0 spiro atoms. The van der Waals surface area contributed by atoms with Gasteiger partial charge in [0.1, 0.15) is 5.75 Å². The lowest BCUT2D eigenvalue weighted by Gasteiger charge is -2.38. The monoisotopic (exact) mass is 434 g/mol. The van der Waals surface area contributed by atoms with Crippen molar-refractivity contribution in [3.8, 4) is 11.6 Å². The molecule has 8 nitrogen and oxygen atoms in total. The molecule has 32 heavy (non-hydrogen) atoms. The molecule has 0 radical (unpaired) electrons. The third kappa shape index (κ3) is 4.49. The third-order valence-corrected chi connectivity index (χ3v) is 5.85. The van der Waals surface area contributed by atoms with Crippen molar-refractivity contribution in [2.75, 3.05) is 6.61 Å². The van der Waals surface area contributed by atoms with Gasteiger partial charge in [-0.05, 0) is 63.4 Å². The van der Waals surface area contributed by atoms with Gasteiger partial charge in [-0.25, -0.2) is 0 Å². The summed E-state index contributed by atoms with van der Waals surface area (Å²) in [5.41, 5.74) is 1.24. The predicted octanol–water partition coefficient (Wildman–Crippen LogP) is 4.97. The van der Waals surface area contributed by atoms with Crippen molar-refractivity contribution in [1.29, 1.82) is 0 Å². The molecule has 2 atom stereocenters. The Hall–Kier alpha value is -3.68. The Kier molecular flexibility index (Phi) is 6.20. The van der Waals surface area contributed by atoms with Gasteiger partial charge >= 0.3 is 0 Å². The fraction of sp³-hybridized carbons (Fsp3) is 0.333. The minimum Gasteiger partial charge on any atom is -0.493 e. The number of likely N-dealkylation sites (tertiary alicyclic amines) is 1. The normalized spacial score (nSPS) is 18.9. The number of fused-ring (bicyclic) bond motifs is 1. The van der Waals surface area contributed by atoms with Gasteiger partial charge in [0.15, 0.2) is 12.3 Å². The number of benzene rings is 2. The molecule has 2 N–H and O–H groups in total. The molecule has 1 aromatic heterocycles. The average Bonchev–Trinajstić information content (AvgIpc) is 3.11. The van der Waals surface area contributed by atoms with Gasteiger partial charge in [-0.1, -0.05) is 18.2 Å². The fourth-order valence-corrected chi connectivity index (χ4v) is 4.19. The Morgan fingerprint density at radius 2 is 1.78 bits per heavy atom. The van der Waals surface area contributed by atoms with E-state index in [1.165, 1.54) is 0 Å².